The van der Waals surface area contributed by atoms with Crippen LogP contribution in [0.5, 0.6) is 11.6 Å². The molecule has 0 atom stereocenters. The van der Waals surface area contributed by atoms with Gasteiger partial charge in [-0.05, 0) is 30.3 Å². The van der Waals surface area contributed by atoms with E-state index in [0.29, 0.717) is 17.2 Å². The summed E-state index contributed by atoms with van der Waals surface area (Å²) < 4.78 is 28.2. The highest BCUT2D eigenvalue weighted by atomic mass is 32.2. The third-order valence-corrected chi connectivity index (χ3v) is 3.86. The lowest BCUT2D eigenvalue weighted by Gasteiger charge is -2.06. The van der Waals surface area contributed by atoms with E-state index in [1.807, 2.05) is 0 Å². The van der Waals surface area contributed by atoms with Crippen LogP contribution in [0, 0.1) is 0 Å². The second kappa shape index (κ2) is 5.56. The zero-order chi connectivity index (χ0) is 14.8. The maximum Gasteiger partial charge on any atom is 0.219 e. The molecular weight excluding hydrogens is 296 g/mol. The number of hydrogen-bond acceptors (Lipinski definition) is 5. The van der Waals surface area contributed by atoms with Gasteiger partial charge in [0, 0.05) is 24.1 Å². The number of thiocarbonyl (C=S) groups is 1. The minimum Gasteiger partial charge on any atom is -0.439 e. The summed E-state index contributed by atoms with van der Waals surface area (Å²) in [6.45, 7) is 0. The van der Waals surface area contributed by atoms with Gasteiger partial charge in [0.25, 0.3) is 0 Å². The topological polar surface area (TPSA) is 82.3 Å². The van der Waals surface area contributed by atoms with Gasteiger partial charge >= 0.3 is 0 Å². The van der Waals surface area contributed by atoms with Gasteiger partial charge in [-0.15, -0.1) is 0 Å². The normalized spacial score (nSPS) is 11.1. The van der Waals surface area contributed by atoms with Crippen molar-refractivity contribution in [2.75, 3.05) is 6.26 Å². The van der Waals surface area contributed by atoms with Crippen LogP contribution >= 0.6 is 12.2 Å². The van der Waals surface area contributed by atoms with E-state index in [-0.39, 0.29) is 9.88 Å². The van der Waals surface area contributed by atoms with Crippen LogP contribution in [0.3, 0.4) is 0 Å². The number of hydrogen-bond donors (Lipinski definition) is 1. The van der Waals surface area contributed by atoms with Gasteiger partial charge < -0.3 is 10.5 Å². The number of rotatable bonds is 4. The largest absolute Gasteiger partial charge is 0.439 e. The third kappa shape index (κ3) is 3.52. The fourth-order valence-electron chi connectivity index (χ4n) is 1.49. The predicted molar refractivity (Wildman–Crippen MR) is 79.8 cm³/mol. The van der Waals surface area contributed by atoms with Gasteiger partial charge in [0.05, 0.1) is 4.90 Å². The van der Waals surface area contributed by atoms with Crippen LogP contribution in [-0.4, -0.2) is 24.6 Å². The van der Waals surface area contributed by atoms with Crippen molar-refractivity contribution in [3.63, 3.8) is 0 Å². The molecule has 0 bridgehead atoms. The summed E-state index contributed by atoms with van der Waals surface area (Å²) in [6, 6.07) is 9.37. The summed E-state index contributed by atoms with van der Waals surface area (Å²) in [5.74, 6) is 0.812. The molecular formula is C13H12N2O3S2. The van der Waals surface area contributed by atoms with Crippen molar-refractivity contribution in [3.05, 3.63) is 48.2 Å². The monoisotopic (exact) mass is 308 g/mol. The Kier molecular flexibility index (Phi) is 4.01. The predicted octanol–water partition coefficient (Wildman–Crippen LogP) is 1.91. The van der Waals surface area contributed by atoms with E-state index in [0.717, 1.165) is 6.26 Å². The highest BCUT2D eigenvalue weighted by Gasteiger charge is 2.07. The van der Waals surface area contributed by atoms with Gasteiger partial charge in [-0.1, -0.05) is 12.2 Å². The standard InChI is InChI=1S/C13H12N2O3S2/c1-20(16,17)11-4-2-10(3-5-11)18-12-8-9(13(14)19)6-7-15-12/h2-8H,1H3,(H2,14,19). The minimum absolute atomic E-state index is 0.231. The first-order valence-corrected chi connectivity index (χ1v) is 7.90. The third-order valence-electron chi connectivity index (χ3n) is 2.49. The van der Waals surface area contributed by atoms with Crippen molar-refractivity contribution < 1.29 is 13.2 Å². The van der Waals surface area contributed by atoms with Crippen molar-refractivity contribution in [3.8, 4) is 11.6 Å². The molecule has 0 spiro atoms. The number of sulfone groups is 1. The van der Waals surface area contributed by atoms with Crippen LogP contribution in [0.4, 0.5) is 0 Å². The summed E-state index contributed by atoms with van der Waals surface area (Å²) in [5.41, 5.74) is 6.18. The molecule has 1 aromatic carbocycles. The van der Waals surface area contributed by atoms with Crippen LogP contribution in [0.15, 0.2) is 47.5 Å². The Morgan fingerprint density at radius 3 is 2.45 bits per heavy atom. The summed E-state index contributed by atoms with van der Waals surface area (Å²) in [6.07, 6.45) is 2.69. The van der Waals surface area contributed by atoms with Crippen LogP contribution in [0.1, 0.15) is 5.56 Å². The number of aromatic nitrogens is 1. The van der Waals surface area contributed by atoms with Gasteiger partial charge in [-0.3, -0.25) is 0 Å². The molecule has 0 aliphatic rings. The van der Waals surface area contributed by atoms with Gasteiger partial charge in [0.2, 0.25) is 5.88 Å². The smallest absolute Gasteiger partial charge is 0.219 e. The number of ether oxygens (including phenoxy) is 1. The molecule has 0 aliphatic heterocycles. The molecule has 0 saturated heterocycles. The van der Waals surface area contributed by atoms with Crippen molar-refractivity contribution in [1.29, 1.82) is 0 Å². The fourth-order valence-corrected chi connectivity index (χ4v) is 2.25. The van der Waals surface area contributed by atoms with E-state index in [9.17, 15) is 8.42 Å². The van der Waals surface area contributed by atoms with Crippen LogP contribution in [0.25, 0.3) is 0 Å². The Hall–Kier alpha value is -1.99. The Morgan fingerprint density at radius 2 is 1.90 bits per heavy atom. The lowest BCUT2D eigenvalue weighted by atomic mass is 10.3. The summed E-state index contributed by atoms with van der Waals surface area (Å²) in [4.78, 5) is 4.52. The van der Waals surface area contributed by atoms with Crippen molar-refractivity contribution in [2.45, 2.75) is 4.90 Å². The highest BCUT2D eigenvalue weighted by Crippen LogP contribution is 2.21. The van der Waals surface area contributed by atoms with E-state index < -0.39 is 9.84 Å². The molecule has 7 heteroatoms. The zero-order valence-electron chi connectivity index (χ0n) is 10.6. The number of nitrogens with two attached hydrogens (primary N) is 1. The van der Waals surface area contributed by atoms with Gasteiger partial charge in [0.15, 0.2) is 9.84 Å². The van der Waals surface area contributed by atoms with Crippen molar-refractivity contribution in [2.24, 2.45) is 5.73 Å². The fraction of sp³-hybridized carbons (Fsp3) is 0.0769. The van der Waals surface area contributed by atoms with E-state index >= 15 is 0 Å². The molecule has 2 N–H and O–H groups in total. The second-order valence-corrected chi connectivity index (χ2v) is 6.55. The maximum absolute atomic E-state index is 11.3. The van der Waals surface area contributed by atoms with Gasteiger partial charge in [0.1, 0.15) is 10.7 Å². The Balaban J connectivity index is 2.22. The SMILES string of the molecule is CS(=O)(=O)c1ccc(Oc2cc(C(N)=S)ccn2)cc1. The van der Waals surface area contributed by atoms with Crippen LogP contribution in [0.2, 0.25) is 0 Å². The first-order chi connectivity index (χ1) is 9.36. The number of benzene rings is 1. The van der Waals surface area contributed by atoms with Gasteiger partial charge in [-0.2, -0.15) is 0 Å². The number of pyridine rings is 1. The molecule has 0 radical (unpaired) electrons. The summed E-state index contributed by atoms with van der Waals surface area (Å²) in [5, 5.41) is 0. The lowest BCUT2D eigenvalue weighted by molar-refractivity contribution is 0.462. The minimum atomic E-state index is -3.22. The zero-order valence-corrected chi connectivity index (χ0v) is 12.2. The molecule has 5 nitrogen and oxygen atoms in total. The second-order valence-electron chi connectivity index (χ2n) is 4.09. The van der Waals surface area contributed by atoms with E-state index in [4.69, 9.17) is 22.7 Å². The highest BCUT2D eigenvalue weighted by molar-refractivity contribution is 7.90. The summed E-state index contributed by atoms with van der Waals surface area (Å²) >= 11 is 4.87. The average molecular weight is 308 g/mol. The molecule has 0 amide bonds. The first kappa shape index (κ1) is 14.4. The first-order valence-electron chi connectivity index (χ1n) is 5.60. The lowest BCUT2D eigenvalue weighted by Crippen LogP contribution is -2.09. The maximum atomic E-state index is 11.3. The van der Waals surface area contributed by atoms with Crippen LogP contribution in [-0.2, 0) is 9.84 Å². The van der Waals surface area contributed by atoms with E-state index in [1.165, 1.54) is 18.3 Å². The molecule has 20 heavy (non-hydrogen) atoms. The molecule has 1 heterocycles. The molecule has 0 aliphatic carbocycles. The molecule has 2 aromatic rings. The Bertz CT molecular complexity index is 740. The summed E-state index contributed by atoms with van der Waals surface area (Å²) in [7, 11) is -3.22. The molecule has 2 rings (SSSR count). The van der Waals surface area contributed by atoms with E-state index in [1.54, 1.807) is 24.3 Å². The number of nitrogens with zero attached hydrogens (tertiary/aromatic N) is 1. The van der Waals surface area contributed by atoms with Gasteiger partial charge in [-0.25, -0.2) is 13.4 Å². The molecule has 104 valence electrons. The van der Waals surface area contributed by atoms with E-state index in [2.05, 4.69) is 4.98 Å². The van der Waals surface area contributed by atoms with Crippen molar-refractivity contribution in [1.82, 2.24) is 4.98 Å². The quantitative estimate of drug-likeness (QED) is 0.869. The van der Waals surface area contributed by atoms with Crippen molar-refractivity contribution >= 4 is 27.0 Å². The average Bonchev–Trinajstić information content (AvgIpc) is 2.38. The Labute approximate surface area is 122 Å². The molecule has 0 saturated carbocycles. The molecule has 0 unspecified atom stereocenters. The Morgan fingerprint density at radius 1 is 1.25 bits per heavy atom. The molecule has 0 fully saturated rings. The molecule has 1 aromatic heterocycles. The van der Waals surface area contributed by atoms with Crippen LogP contribution < -0.4 is 10.5 Å².